The van der Waals surface area contributed by atoms with Crippen LogP contribution in [-0.4, -0.2) is 71.9 Å². The Kier molecular flexibility index (Phi) is 5.95. The molecule has 1 fully saturated rings. The second-order valence-corrected chi connectivity index (χ2v) is 10.2. The Morgan fingerprint density at radius 1 is 1.12 bits per heavy atom. The van der Waals surface area contributed by atoms with Gasteiger partial charge < -0.3 is 20.0 Å². The number of benzene rings is 1. The molecule has 0 radical (unpaired) electrons. The Hall–Kier alpha value is -4.80. The van der Waals surface area contributed by atoms with E-state index in [0.717, 1.165) is 24.2 Å². The quantitative estimate of drug-likeness (QED) is 0.301. The fraction of sp³-hybridized carbons (Fsp3) is 0.259. The summed E-state index contributed by atoms with van der Waals surface area (Å²) in [5.41, 5.74) is 9.48. The van der Waals surface area contributed by atoms with Gasteiger partial charge in [0.2, 0.25) is 17.4 Å². The summed E-state index contributed by atoms with van der Waals surface area (Å²) in [6, 6.07) is 8.66. The molecule has 7 rings (SSSR count). The summed E-state index contributed by atoms with van der Waals surface area (Å²) in [6.45, 7) is 13.5. The predicted octanol–water partition coefficient (Wildman–Crippen LogP) is 4.34. The topological polar surface area (TPSA) is 124 Å². The van der Waals surface area contributed by atoms with Crippen molar-refractivity contribution < 1.29 is 8.91 Å². The van der Waals surface area contributed by atoms with E-state index in [-0.39, 0.29) is 22.6 Å². The number of nitrogen functional groups attached to an aromatic ring is 1. The summed E-state index contributed by atoms with van der Waals surface area (Å²) in [6.07, 6.45) is 1.66. The summed E-state index contributed by atoms with van der Waals surface area (Å²) in [5.74, 6) is 0.450. The van der Waals surface area contributed by atoms with Crippen LogP contribution in [0.4, 0.5) is 21.8 Å². The first-order valence-electron chi connectivity index (χ1n) is 13.0. The molecule has 5 aromatic heterocycles. The first-order chi connectivity index (χ1) is 19.9. The van der Waals surface area contributed by atoms with Crippen molar-refractivity contribution in [3.63, 3.8) is 0 Å². The zero-order valence-electron chi connectivity index (χ0n) is 21.9. The van der Waals surface area contributed by atoms with Gasteiger partial charge in [-0.15, -0.1) is 5.10 Å². The molecule has 41 heavy (non-hydrogen) atoms. The van der Waals surface area contributed by atoms with E-state index in [1.54, 1.807) is 16.8 Å². The van der Waals surface area contributed by atoms with Crippen LogP contribution in [-0.2, 0) is 6.54 Å². The minimum atomic E-state index is -0.327. The third-order valence-corrected chi connectivity index (χ3v) is 7.85. The molecule has 1 saturated heterocycles. The number of hydrogen-bond donors (Lipinski definition) is 1. The van der Waals surface area contributed by atoms with E-state index in [1.807, 2.05) is 30.0 Å². The van der Waals surface area contributed by atoms with Gasteiger partial charge in [-0.05, 0) is 25.1 Å². The lowest BCUT2D eigenvalue weighted by atomic mass is 10.1. The maximum Gasteiger partial charge on any atom is 0.251 e. The standard InChI is InChI=1S/C27H23ClFN11O/c1-15-16-13-19(17(29)14-20(16)41-36-15)38-10-7-37(8-11-38)9-12-39-24-21(22(28)26(39)31-2)25-33-23(18-5-3-4-6-32-18)35-40(25)27(30)34-24/h3-6,13-14H,7-12H2,1H3,(H2,30,34). The van der Waals surface area contributed by atoms with Crippen LogP contribution in [0.15, 0.2) is 41.1 Å². The van der Waals surface area contributed by atoms with Gasteiger partial charge in [0.25, 0.3) is 5.82 Å². The molecule has 0 amide bonds. The molecule has 1 aliphatic rings. The molecule has 12 nitrogen and oxygen atoms in total. The SMILES string of the molecule is [C-]#[N+]c1c(Cl)c2c(nc(N)n3nc(-c4ccccn4)nc23)n1CCN1CCN(c2cc3c(C)noc3cc2F)CC1. The van der Waals surface area contributed by atoms with Gasteiger partial charge in [-0.3, -0.25) is 14.5 Å². The maximum absolute atomic E-state index is 14.8. The maximum atomic E-state index is 14.8. The molecule has 14 heteroatoms. The lowest BCUT2D eigenvalue weighted by Crippen LogP contribution is -2.47. The van der Waals surface area contributed by atoms with Crippen LogP contribution < -0.4 is 10.6 Å². The van der Waals surface area contributed by atoms with Crippen LogP contribution in [0.3, 0.4) is 0 Å². The number of nitrogens with two attached hydrogens (primary N) is 1. The molecule has 0 saturated carbocycles. The number of hydrogen-bond acceptors (Lipinski definition) is 9. The smallest absolute Gasteiger partial charge is 0.251 e. The molecule has 0 spiro atoms. The highest BCUT2D eigenvalue weighted by molar-refractivity contribution is 6.39. The largest absolute Gasteiger partial charge is 0.368 e. The third-order valence-electron chi connectivity index (χ3n) is 7.49. The van der Waals surface area contributed by atoms with Crippen molar-refractivity contribution in [2.24, 2.45) is 0 Å². The van der Waals surface area contributed by atoms with Crippen molar-refractivity contribution in [3.05, 3.63) is 64.5 Å². The highest BCUT2D eigenvalue weighted by Gasteiger charge is 2.27. The predicted molar refractivity (Wildman–Crippen MR) is 153 cm³/mol. The van der Waals surface area contributed by atoms with Crippen molar-refractivity contribution >= 4 is 56.7 Å². The van der Waals surface area contributed by atoms with Gasteiger partial charge in [-0.25, -0.2) is 9.37 Å². The average Bonchev–Trinajstić information content (AvgIpc) is 3.66. The molecule has 0 aliphatic carbocycles. The number of nitrogens with zero attached hydrogens (tertiary/aromatic N) is 10. The zero-order chi connectivity index (χ0) is 28.2. The first-order valence-corrected chi connectivity index (χ1v) is 13.4. The van der Waals surface area contributed by atoms with E-state index in [2.05, 4.69) is 35.0 Å². The minimum Gasteiger partial charge on any atom is -0.368 e. The molecule has 2 N–H and O–H groups in total. The van der Waals surface area contributed by atoms with Crippen LogP contribution in [0.5, 0.6) is 0 Å². The van der Waals surface area contributed by atoms with E-state index in [9.17, 15) is 4.39 Å². The number of pyridine rings is 1. The fourth-order valence-corrected chi connectivity index (χ4v) is 5.67. The summed E-state index contributed by atoms with van der Waals surface area (Å²) in [7, 11) is 0. The van der Waals surface area contributed by atoms with Crippen molar-refractivity contribution in [2.45, 2.75) is 13.5 Å². The summed E-state index contributed by atoms with van der Waals surface area (Å²) in [4.78, 5) is 21.5. The lowest BCUT2D eigenvalue weighted by Gasteiger charge is -2.36. The summed E-state index contributed by atoms with van der Waals surface area (Å²) >= 11 is 6.74. The molecule has 206 valence electrons. The van der Waals surface area contributed by atoms with Gasteiger partial charge in [0, 0.05) is 50.4 Å². The average molecular weight is 572 g/mol. The fourth-order valence-electron chi connectivity index (χ4n) is 5.36. The Morgan fingerprint density at radius 3 is 2.71 bits per heavy atom. The van der Waals surface area contributed by atoms with Gasteiger partial charge in [0.15, 0.2) is 11.2 Å². The van der Waals surface area contributed by atoms with E-state index < -0.39 is 0 Å². The van der Waals surface area contributed by atoms with Crippen molar-refractivity contribution in [2.75, 3.05) is 43.4 Å². The van der Waals surface area contributed by atoms with Crippen LogP contribution in [0, 0.1) is 19.3 Å². The molecule has 6 aromatic rings. The van der Waals surface area contributed by atoms with Gasteiger partial charge in [0.05, 0.1) is 28.3 Å². The van der Waals surface area contributed by atoms with E-state index >= 15 is 0 Å². The van der Waals surface area contributed by atoms with Gasteiger partial charge in [-0.2, -0.15) is 9.50 Å². The number of halogens is 2. The number of rotatable bonds is 5. The monoisotopic (exact) mass is 571 g/mol. The van der Waals surface area contributed by atoms with E-state index in [0.29, 0.717) is 65.6 Å². The Labute approximate surface area is 237 Å². The van der Waals surface area contributed by atoms with Gasteiger partial charge >= 0.3 is 0 Å². The minimum absolute atomic E-state index is 0.129. The second-order valence-electron chi connectivity index (χ2n) is 9.85. The molecule has 0 unspecified atom stereocenters. The van der Waals surface area contributed by atoms with Crippen LogP contribution >= 0.6 is 11.6 Å². The molecule has 1 aromatic carbocycles. The molecular formula is C27H23ClFN11O. The van der Waals surface area contributed by atoms with Crippen LogP contribution in [0.2, 0.25) is 5.02 Å². The zero-order valence-corrected chi connectivity index (χ0v) is 22.7. The Morgan fingerprint density at radius 2 is 1.95 bits per heavy atom. The lowest BCUT2D eigenvalue weighted by molar-refractivity contribution is 0.249. The summed E-state index contributed by atoms with van der Waals surface area (Å²) < 4.78 is 23.2. The molecule has 1 aliphatic heterocycles. The third kappa shape index (κ3) is 4.11. The van der Waals surface area contributed by atoms with E-state index in [4.69, 9.17) is 28.4 Å². The normalized spacial score (nSPS) is 14.4. The molecule has 0 bridgehead atoms. The van der Waals surface area contributed by atoms with Crippen molar-refractivity contribution in [1.29, 1.82) is 0 Å². The summed E-state index contributed by atoms with van der Waals surface area (Å²) in [5, 5.41) is 10.00. The number of aryl methyl sites for hydroxylation is 1. The highest BCUT2D eigenvalue weighted by Crippen LogP contribution is 2.39. The van der Waals surface area contributed by atoms with Crippen LogP contribution in [0.25, 0.3) is 44.0 Å². The van der Waals surface area contributed by atoms with Gasteiger partial charge in [0.1, 0.15) is 11.5 Å². The molecule has 0 atom stereocenters. The second kappa shape index (κ2) is 9.69. The van der Waals surface area contributed by atoms with Crippen LogP contribution in [0.1, 0.15) is 5.69 Å². The first kappa shape index (κ1) is 25.2. The van der Waals surface area contributed by atoms with Crippen molar-refractivity contribution in [3.8, 4) is 11.5 Å². The highest BCUT2D eigenvalue weighted by atomic mass is 35.5. The van der Waals surface area contributed by atoms with E-state index in [1.165, 1.54) is 10.6 Å². The Bertz CT molecular complexity index is 1980. The number of anilines is 2. The Balaban J connectivity index is 1.14. The molecule has 6 heterocycles. The number of aromatic nitrogens is 7. The van der Waals surface area contributed by atoms with Crippen molar-refractivity contribution in [1.82, 2.24) is 39.2 Å². The van der Waals surface area contributed by atoms with Gasteiger partial charge in [-0.1, -0.05) is 29.4 Å². The number of piperazine rings is 1. The molecular weight excluding hydrogens is 549 g/mol. The number of fused-ring (bicyclic) bond motifs is 4.